The van der Waals surface area contributed by atoms with Crippen LogP contribution in [0, 0.1) is 0 Å². The monoisotopic (exact) mass is 403 g/mol. The normalized spacial score (nSPS) is 10.5. The zero-order chi connectivity index (χ0) is 14.6. The van der Waals surface area contributed by atoms with E-state index in [0.717, 1.165) is 37.7 Å². The van der Waals surface area contributed by atoms with Crippen LogP contribution in [0.2, 0.25) is 0 Å². The molecule has 0 heterocycles. The minimum atomic E-state index is 0. The highest BCUT2D eigenvalue weighted by Gasteiger charge is 1.99. The fraction of sp³-hybridized carbons (Fsp3) is 0.438. The lowest BCUT2D eigenvalue weighted by molar-refractivity contribution is 0.317. The van der Waals surface area contributed by atoms with Gasteiger partial charge in [-0.25, -0.2) is 0 Å². The molecule has 0 fully saturated rings. The van der Waals surface area contributed by atoms with E-state index in [1.807, 2.05) is 12.1 Å². The largest absolute Gasteiger partial charge is 0.494 e. The van der Waals surface area contributed by atoms with Gasteiger partial charge < -0.3 is 15.4 Å². The Labute approximate surface area is 145 Å². The third kappa shape index (κ3) is 8.60. The van der Waals surface area contributed by atoms with E-state index in [4.69, 9.17) is 4.74 Å². The van der Waals surface area contributed by atoms with Gasteiger partial charge in [-0.05, 0) is 30.5 Å². The van der Waals surface area contributed by atoms with Crippen molar-refractivity contribution in [2.24, 2.45) is 4.99 Å². The molecule has 0 amide bonds. The van der Waals surface area contributed by atoms with Crippen molar-refractivity contribution < 1.29 is 4.74 Å². The lowest BCUT2D eigenvalue weighted by atomic mass is 10.1. The number of aliphatic imine (C=N–C) groups is 1. The van der Waals surface area contributed by atoms with Crippen LogP contribution in [-0.4, -0.2) is 32.7 Å². The Morgan fingerprint density at radius 1 is 1.38 bits per heavy atom. The van der Waals surface area contributed by atoms with E-state index in [2.05, 4.69) is 41.3 Å². The summed E-state index contributed by atoms with van der Waals surface area (Å²) in [4.78, 5) is 4.14. The van der Waals surface area contributed by atoms with Crippen molar-refractivity contribution in [1.29, 1.82) is 0 Å². The van der Waals surface area contributed by atoms with Gasteiger partial charge in [0.1, 0.15) is 5.75 Å². The van der Waals surface area contributed by atoms with Gasteiger partial charge >= 0.3 is 0 Å². The summed E-state index contributed by atoms with van der Waals surface area (Å²) in [7, 11) is 1.76. The van der Waals surface area contributed by atoms with Crippen LogP contribution < -0.4 is 15.4 Å². The molecule has 0 saturated heterocycles. The molecule has 0 unspecified atom stereocenters. The average molecular weight is 403 g/mol. The van der Waals surface area contributed by atoms with E-state index in [1.54, 1.807) is 13.1 Å². The molecule has 0 aliphatic rings. The maximum atomic E-state index is 5.63. The predicted molar refractivity (Wildman–Crippen MR) is 101 cm³/mol. The zero-order valence-electron chi connectivity index (χ0n) is 12.9. The number of benzene rings is 1. The molecule has 21 heavy (non-hydrogen) atoms. The van der Waals surface area contributed by atoms with Crippen molar-refractivity contribution in [3.05, 3.63) is 42.5 Å². The molecule has 0 bridgehead atoms. The molecule has 0 atom stereocenters. The fourth-order valence-electron chi connectivity index (χ4n) is 1.73. The van der Waals surface area contributed by atoms with Crippen LogP contribution in [0.3, 0.4) is 0 Å². The Morgan fingerprint density at radius 2 is 2.19 bits per heavy atom. The average Bonchev–Trinajstić information content (AvgIpc) is 2.49. The second-order valence-corrected chi connectivity index (χ2v) is 4.41. The second kappa shape index (κ2) is 12.5. The third-order valence-corrected chi connectivity index (χ3v) is 2.71. The number of rotatable bonds is 8. The summed E-state index contributed by atoms with van der Waals surface area (Å²) >= 11 is 0. The molecule has 1 aromatic rings. The van der Waals surface area contributed by atoms with Gasteiger partial charge in [-0.15, -0.1) is 30.6 Å². The van der Waals surface area contributed by atoms with Crippen LogP contribution >= 0.6 is 24.0 Å². The number of halogens is 1. The van der Waals surface area contributed by atoms with Crippen LogP contribution in [0.25, 0.3) is 0 Å². The Bertz CT molecular complexity index is 435. The Morgan fingerprint density at radius 3 is 2.86 bits per heavy atom. The molecule has 0 saturated carbocycles. The molecule has 0 radical (unpaired) electrons. The highest BCUT2D eigenvalue weighted by atomic mass is 127. The standard InChI is InChI=1S/C16H25N3O.HI/c1-4-10-18-16(17-3)19-11-9-14-7-6-8-15(13-14)20-12-5-2;/h4,6-8,13H,1,5,9-12H2,2-3H3,(H2,17,18,19);1H. The third-order valence-electron chi connectivity index (χ3n) is 2.71. The van der Waals surface area contributed by atoms with Gasteiger partial charge in [-0.2, -0.15) is 0 Å². The number of hydrogen-bond acceptors (Lipinski definition) is 2. The van der Waals surface area contributed by atoms with E-state index in [-0.39, 0.29) is 24.0 Å². The van der Waals surface area contributed by atoms with Crippen LogP contribution in [-0.2, 0) is 6.42 Å². The molecular formula is C16H26IN3O. The van der Waals surface area contributed by atoms with Gasteiger partial charge in [-0.1, -0.05) is 25.1 Å². The molecule has 2 N–H and O–H groups in total. The Hall–Kier alpha value is -1.24. The quantitative estimate of drug-likeness (QED) is 0.304. The summed E-state index contributed by atoms with van der Waals surface area (Å²) in [5.74, 6) is 1.74. The first kappa shape index (κ1) is 19.8. The first-order chi connectivity index (χ1) is 9.80. The van der Waals surface area contributed by atoms with E-state index < -0.39 is 0 Å². The molecule has 0 aliphatic carbocycles. The van der Waals surface area contributed by atoms with Crippen LogP contribution in [0.5, 0.6) is 5.75 Å². The number of ether oxygens (including phenoxy) is 1. The maximum absolute atomic E-state index is 5.63. The number of hydrogen-bond donors (Lipinski definition) is 2. The van der Waals surface area contributed by atoms with Crippen LogP contribution in [0.1, 0.15) is 18.9 Å². The maximum Gasteiger partial charge on any atom is 0.191 e. The van der Waals surface area contributed by atoms with E-state index in [0.29, 0.717) is 6.54 Å². The predicted octanol–water partition coefficient (Wildman–Crippen LogP) is 2.99. The second-order valence-electron chi connectivity index (χ2n) is 4.41. The molecule has 0 aliphatic heterocycles. The summed E-state index contributed by atoms with van der Waals surface area (Å²) in [6.45, 7) is 8.08. The van der Waals surface area contributed by atoms with E-state index in [9.17, 15) is 0 Å². The number of guanidine groups is 1. The highest BCUT2D eigenvalue weighted by Crippen LogP contribution is 2.13. The SMILES string of the molecule is C=CCNC(=NC)NCCc1cccc(OCCC)c1.I. The first-order valence-electron chi connectivity index (χ1n) is 7.07. The lowest BCUT2D eigenvalue weighted by Gasteiger charge is -2.11. The molecule has 4 nitrogen and oxygen atoms in total. The Kier molecular flexibility index (Phi) is 11.8. The summed E-state index contributed by atoms with van der Waals surface area (Å²) in [5.41, 5.74) is 1.25. The topological polar surface area (TPSA) is 45.7 Å². The van der Waals surface area contributed by atoms with Crippen LogP contribution in [0.15, 0.2) is 41.9 Å². The van der Waals surface area contributed by atoms with Gasteiger partial charge in [-0.3, -0.25) is 4.99 Å². The highest BCUT2D eigenvalue weighted by molar-refractivity contribution is 14.0. The van der Waals surface area contributed by atoms with E-state index in [1.165, 1.54) is 5.56 Å². The van der Waals surface area contributed by atoms with Gasteiger partial charge in [0.25, 0.3) is 0 Å². The van der Waals surface area contributed by atoms with E-state index >= 15 is 0 Å². The summed E-state index contributed by atoms with van der Waals surface area (Å²) in [6.07, 6.45) is 3.76. The van der Waals surface area contributed by atoms with Gasteiger partial charge in [0.15, 0.2) is 5.96 Å². The molecule has 1 aromatic carbocycles. The number of nitrogens with zero attached hydrogens (tertiary/aromatic N) is 1. The van der Waals surface area contributed by atoms with Crippen molar-refractivity contribution >= 4 is 29.9 Å². The summed E-state index contributed by atoms with van der Waals surface area (Å²) in [5, 5.41) is 6.41. The molecule has 118 valence electrons. The van der Waals surface area contributed by atoms with Crippen molar-refractivity contribution in [3.63, 3.8) is 0 Å². The van der Waals surface area contributed by atoms with Crippen molar-refractivity contribution in [2.45, 2.75) is 19.8 Å². The lowest BCUT2D eigenvalue weighted by Crippen LogP contribution is -2.38. The minimum Gasteiger partial charge on any atom is -0.494 e. The van der Waals surface area contributed by atoms with Crippen molar-refractivity contribution in [1.82, 2.24) is 10.6 Å². The molecular weight excluding hydrogens is 377 g/mol. The minimum absolute atomic E-state index is 0. The van der Waals surface area contributed by atoms with Gasteiger partial charge in [0.05, 0.1) is 6.61 Å². The van der Waals surface area contributed by atoms with Gasteiger partial charge in [0.2, 0.25) is 0 Å². The number of nitrogens with one attached hydrogen (secondary N) is 2. The smallest absolute Gasteiger partial charge is 0.191 e. The fourth-order valence-corrected chi connectivity index (χ4v) is 1.73. The van der Waals surface area contributed by atoms with Crippen LogP contribution in [0.4, 0.5) is 0 Å². The first-order valence-corrected chi connectivity index (χ1v) is 7.07. The van der Waals surface area contributed by atoms with Crippen molar-refractivity contribution in [3.8, 4) is 5.75 Å². The molecule has 0 aromatic heterocycles. The summed E-state index contributed by atoms with van der Waals surface area (Å²) in [6, 6.07) is 8.24. The Balaban J connectivity index is 0.00000400. The molecule has 5 heteroatoms. The molecule has 1 rings (SSSR count). The van der Waals surface area contributed by atoms with Gasteiger partial charge in [0, 0.05) is 20.1 Å². The molecule has 0 spiro atoms. The van der Waals surface area contributed by atoms with Crippen molar-refractivity contribution in [2.75, 3.05) is 26.7 Å². The summed E-state index contributed by atoms with van der Waals surface area (Å²) < 4.78 is 5.63. The zero-order valence-corrected chi connectivity index (χ0v) is 15.2.